The Hall–Kier alpha value is -1.05. The Kier molecular flexibility index (Phi) is 4.41. The van der Waals surface area contributed by atoms with Crippen LogP contribution in [0.4, 0.5) is 8.78 Å². The monoisotopic (exact) mass is 304 g/mol. The molecule has 1 fully saturated rings. The summed E-state index contributed by atoms with van der Waals surface area (Å²) < 4.78 is 52.6. The van der Waals surface area contributed by atoms with Gasteiger partial charge < -0.3 is 5.73 Å². The van der Waals surface area contributed by atoms with E-state index in [4.69, 9.17) is 5.73 Å². The van der Waals surface area contributed by atoms with Crippen molar-refractivity contribution in [2.75, 3.05) is 13.1 Å². The van der Waals surface area contributed by atoms with Crippen LogP contribution in [0, 0.1) is 17.6 Å². The predicted octanol–water partition coefficient (Wildman–Crippen LogP) is 1.71. The van der Waals surface area contributed by atoms with Gasteiger partial charge in [0.15, 0.2) is 0 Å². The van der Waals surface area contributed by atoms with Gasteiger partial charge in [0.05, 0.1) is 0 Å². The Bertz CT molecular complexity index is 590. The van der Waals surface area contributed by atoms with E-state index < -0.39 is 26.6 Å². The van der Waals surface area contributed by atoms with E-state index in [-0.39, 0.29) is 18.5 Å². The maximum atomic E-state index is 13.7. The summed E-state index contributed by atoms with van der Waals surface area (Å²) in [7, 11) is -3.94. The van der Waals surface area contributed by atoms with Gasteiger partial charge in [0, 0.05) is 25.2 Å². The number of nitrogens with two attached hydrogens (primary N) is 1. The summed E-state index contributed by atoms with van der Waals surface area (Å²) in [4.78, 5) is -0.482. The van der Waals surface area contributed by atoms with Gasteiger partial charge >= 0.3 is 0 Å². The Labute approximate surface area is 117 Å². The Balaban J connectivity index is 2.30. The molecule has 2 N–H and O–H groups in total. The molecule has 1 aliphatic heterocycles. The lowest BCUT2D eigenvalue weighted by molar-refractivity contribution is 0.242. The second kappa shape index (κ2) is 5.75. The standard InChI is InChI=1S/C13H18F2N2O2S/c1-9(16)10-3-2-6-17(8-10)20(18,19)13-5-4-11(14)7-12(13)15/h4-5,7,9-10H,2-3,6,8,16H2,1H3/t9-,10-/m1/s1. The molecule has 1 aromatic carbocycles. The smallest absolute Gasteiger partial charge is 0.245 e. The summed E-state index contributed by atoms with van der Waals surface area (Å²) in [6.45, 7) is 2.44. The van der Waals surface area contributed by atoms with Crippen LogP contribution in [0.2, 0.25) is 0 Å². The molecule has 0 bridgehead atoms. The highest BCUT2D eigenvalue weighted by Gasteiger charge is 2.33. The lowest BCUT2D eigenvalue weighted by Gasteiger charge is -2.33. The fourth-order valence-corrected chi connectivity index (χ4v) is 4.03. The van der Waals surface area contributed by atoms with Crippen molar-refractivity contribution in [3.05, 3.63) is 29.8 Å². The molecule has 0 unspecified atom stereocenters. The van der Waals surface area contributed by atoms with Gasteiger partial charge in [0.1, 0.15) is 16.5 Å². The zero-order chi connectivity index (χ0) is 14.9. The van der Waals surface area contributed by atoms with Crippen molar-refractivity contribution in [3.8, 4) is 0 Å². The van der Waals surface area contributed by atoms with Crippen molar-refractivity contribution in [2.24, 2.45) is 11.7 Å². The van der Waals surface area contributed by atoms with Gasteiger partial charge in [-0.15, -0.1) is 0 Å². The average molecular weight is 304 g/mol. The molecule has 1 saturated heterocycles. The average Bonchev–Trinajstić information content (AvgIpc) is 2.38. The highest BCUT2D eigenvalue weighted by molar-refractivity contribution is 7.89. The number of hydrogen-bond acceptors (Lipinski definition) is 3. The molecule has 0 aliphatic carbocycles. The van der Waals surface area contributed by atoms with E-state index in [2.05, 4.69) is 0 Å². The van der Waals surface area contributed by atoms with Gasteiger partial charge in [-0.05, 0) is 37.8 Å². The fraction of sp³-hybridized carbons (Fsp3) is 0.538. The quantitative estimate of drug-likeness (QED) is 0.924. The molecule has 0 aromatic heterocycles. The van der Waals surface area contributed by atoms with E-state index in [0.717, 1.165) is 18.6 Å². The topological polar surface area (TPSA) is 63.4 Å². The van der Waals surface area contributed by atoms with Crippen LogP contribution in [0.25, 0.3) is 0 Å². The number of rotatable bonds is 3. The van der Waals surface area contributed by atoms with Crippen molar-refractivity contribution in [1.29, 1.82) is 0 Å². The van der Waals surface area contributed by atoms with E-state index in [1.807, 2.05) is 6.92 Å². The second-order valence-electron chi connectivity index (χ2n) is 5.20. The highest BCUT2D eigenvalue weighted by Crippen LogP contribution is 2.26. The van der Waals surface area contributed by atoms with Crippen LogP contribution in [0.3, 0.4) is 0 Å². The minimum Gasteiger partial charge on any atom is -0.328 e. The molecule has 7 heteroatoms. The van der Waals surface area contributed by atoms with Crippen molar-refractivity contribution in [2.45, 2.75) is 30.7 Å². The summed E-state index contributed by atoms with van der Waals surface area (Å²) in [6.07, 6.45) is 1.55. The number of benzene rings is 1. The van der Waals surface area contributed by atoms with E-state index in [1.165, 1.54) is 4.31 Å². The maximum Gasteiger partial charge on any atom is 0.245 e. The number of halogens is 2. The lowest BCUT2D eigenvalue weighted by Crippen LogP contribution is -2.45. The van der Waals surface area contributed by atoms with E-state index >= 15 is 0 Å². The SMILES string of the molecule is C[C@@H](N)[C@@H]1CCCN(S(=O)(=O)c2ccc(F)cc2F)C1. The van der Waals surface area contributed by atoms with Gasteiger partial charge in [-0.3, -0.25) is 0 Å². The van der Waals surface area contributed by atoms with Crippen molar-refractivity contribution in [3.63, 3.8) is 0 Å². The molecule has 1 heterocycles. The molecule has 0 saturated carbocycles. The first-order valence-electron chi connectivity index (χ1n) is 6.53. The summed E-state index contributed by atoms with van der Waals surface area (Å²) >= 11 is 0. The first kappa shape index (κ1) is 15.3. The molecule has 1 aromatic rings. The van der Waals surface area contributed by atoms with E-state index in [1.54, 1.807) is 0 Å². The first-order valence-corrected chi connectivity index (χ1v) is 7.97. The van der Waals surface area contributed by atoms with Crippen molar-refractivity contribution < 1.29 is 17.2 Å². The molecular weight excluding hydrogens is 286 g/mol. The number of hydrogen-bond donors (Lipinski definition) is 1. The molecule has 0 radical (unpaired) electrons. The maximum absolute atomic E-state index is 13.7. The summed E-state index contributed by atoms with van der Waals surface area (Å²) in [5, 5.41) is 0. The summed E-state index contributed by atoms with van der Waals surface area (Å²) in [5.41, 5.74) is 5.82. The number of piperidine rings is 1. The third-order valence-electron chi connectivity index (χ3n) is 3.68. The third-order valence-corrected chi connectivity index (χ3v) is 5.57. The molecule has 1 aliphatic rings. The van der Waals surface area contributed by atoms with Crippen LogP contribution in [-0.4, -0.2) is 31.9 Å². The molecule has 0 spiro atoms. The molecule has 0 amide bonds. The summed E-state index contributed by atoms with van der Waals surface area (Å²) in [6, 6.07) is 2.38. The van der Waals surface area contributed by atoms with Gasteiger partial charge in [0.2, 0.25) is 10.0 Å². The minimum absolute atomic E-state index is 0.0574. The molecular formula is C13H18F2N2O2S. The van der Waals surface area contributed by atoms with Gasteiger partial charge in [-0.2, -0.15) is 4.31 Å². The predicted molar refractivity (Wildman–Crippen MR) is 71.5 cm³/mol. The van der Waals surface area contributed by atoms with Crippen molar-refractivity contribution in [1.82, 2.24) is 4.31 Å². The molecule has 20 heavy (non-hydrogen) atoms. The highest BCUT2D eigenvalue weighted by atomic mass is 32.2. The molecule has 112 valence electrons. The van der Waals surface area contributed by atoms with Crippen LogP contribution in [0.15, 0.2) is 23.1 Å². The largest absolute Gasteiger partial charge is 0.328 e. The Morgan fingerprint density at radius 2 is 2.10 bits per heavy atom. The molecule has 2 rings (SSSR count). The zero-order valence-electron chi connectivity index (χ0n) is 11.2. The Morgan fingerprint density at radius 1 is 1.40 bits per heavy atom. The van der Waals surface area contributed by atoms with Crippen molar-refractivity contribution >= 4 is 10.0 Å². The lowest BCUT2D eigenvalue weighted by atomic mass is 9.93. The van der Waals surface area contributed by atoms with Gasteiger partial charge in [0.25, 0.3) is 0 Å². The Morgan fingerprint density at radius 3 is 2.70 bits per heavy atom. The normalized spacial score (nSPS) is 22.7. The fourth-order valence-electron chi connectivity index (χ4n) is 2.44. The number of nitrogens with zero attached hydrogens (tertiary/aromatic N) is 1. The first-order chi connectivity index (χ1) is 9.32. The van der Waals surface area contributed by atoms with Crippen LogP contribution in [0.1, 0.15) is 19.8 Å². The van der Waals surface area contributed by atoms with Gasteiger partial charge in [-0.1, -0.05) is 0 Å². The van der Waals surface area contributed by atoms with E-state index in [0.29, 0.717) is 19.0 Å². The zero-order valence-corrected chi connectivity index (χ0v) is 12.0. The molecule has 2 atom stereocenters. The van der Waals surface area contributed by atoms with Crippen LogP contribution in [-0.2, 0) is 10.0 Å². The number of sulfonamides is 1. The van der Waals surface area contributed by atoms with Crippen LogP contribution in [0.5, 0.6) is 0 Å². The minimum atomic E-state index is -3.94. The summed E-state index contributed by atoms with van der Waals surface area (Å²) in [5.74, 6) is -1.80. The van der Waals surface area contributed by atoms with Crippen LogP contribution >= 0.6 is 0 Å². The van der Waals surface area contributed by atoms with Gasteiger partial charge in [-0.25, -0.2) is 17.2 Å². The molecule has 4 nitrogen and oxygen atoms in total. The van der Waals surface area contributed by atoms with E-state index in [9.17, 15) is 17.2 Å². The second-order valence-corrected chi connectivity index (χ2v) is 7.11. The van der Waals surface area contributed by atoms with Crippen LogP contribution < -0.4 is 5.73 Å². The third kappa shape index (κ3) is 2.99.